The molecule has 1 saturated heterocycles. The molecule has 1 amide bonds. The lowest BCUT2D eigenvalue weighted by atomic mass is 9.74. The van der Waals surface area contributed by atoms with Crippen molar-refractivity contribution in [3.8, 4) is 0 Å². The molecule has 1 aliphatic heterocycles. The van der Waals surface area contributed by atoms with E-state index >= 15 is 0 Å². The summed E-state index contributed by atoms with van der Waals surface area (Å²) in [5.74, 6) is -2.64. The van der Waals surface area contributed by atoms with E-state index in [1.165, 1.54) is 0 Å². The minimum Gasteiger partial charge on any atom is -0.481 e. The van der Waals surface area contributed by atoms with Crippen LogP contribution in [0.2, 0.25) is 10.0 Å². The molecule has 0 radical (unpaired) electrons. The van der Waals surface area contributed by atoms with E-state index in [0.717, 1.165) is 11.1 Å². The Morgan fingerprint density at radius 3 is 2.40 bits per heavy atom. The number of aliphatic carboxylic acids is 1. The normalized spacial score (nSPS) is 21.7. The molecule has 1 fully saturated rings. The SMILES string of the molecule is CCC(CNCC(F)(F)F)N1C(=O)[C@@H](CC(=O)O)CC(c2cccc(Cl)c2)[C@H]1c1ccc(Cl)cc1. The Morgan fingerprint density at radius 2 is 1.83 bits per heavy atom. The van der Waals surface area contributed by atoms with Crippen LogP contribution in [0.3, 0.4) is 0 Å². The molecule has 3 rings (SSSR count). The zero-order chi connectivity index (χ0) is 25.8. The van der Waals surface area contributed by atoms with Crippen molar-refractivity contribution in [3.05, 3.63) is 69.7 Å². The highest BCUT2D eigenvalue weighted by molar-refractivity contribution is 6.30. The Hall–Kier alpha value is -2.29. The van der Waals surface area contributed by atoms with Gasteiger partial charge in [0.1, 0.15) is 0 Å². The predicted octanol–water partition coefficient (Wildman–Crippen LogP) is 6.07. The van der Waals surface area contributed by atoms with Crippen LogP contribution in [0.15, 0.2) is 48.5 Å². The Bertz CT molecular complexity index is 1030. The summed E-state index contributed by atoms with van der Waals surface area (Å²) in [7, 11) is 0. The van der Waals surface area contributed by atoms with Gasteiger partial charge in [0.05, 0.1) is 19.0 Å². The highest BCUT2D eigenvalue weighted by Gasteiger charge is 2.46. The highest BCUT2D eigenvalue weighted by atomic mass is 35.5. The third-order valence-electron chi connectivity index (χ3n) is 6.30. The number of benzene rings is 2. The summed E-state index contributed by atoms with van der Waals surface area (Å²) < 4.78 is 38.4. The number of piperidine rings is 1. The van der Waals surface area contributed by atoms with Crippen LogP contribution in [-0.2, 0) is 9.59 Å². The Kier molecular flexibility index (Phi) is 9.07. The molecule has 2 aromatic rings. The number of halogens is 5. The van der Waals surface area contributed by atoms with Crippen molar-refractivity contribution in [3.63, 3.8) is 0 Å². The number of nitrogens with one attached hydrogen (secondary N) is 1. The molecule has 0 saturated carbocycles. The lowest BCUT2D eigenvalue weighted by molar-refractivity contribution is -0.152. The van der Waals surface area contributed by atoms with Crippen LogP contribution in [0.5, 0.6) is 0 Å². The van der Waals surface area contributed by atoms with Crippen LogP contribution in [-0.4, -0.2) is 47.2 Å². The molecule has 1 aliphatic rings. The number of nitrogens with zero attached hydrogens (tertiary/aromatic N) is 1. The second-order valence-corrected chi connectivity index (χ2v) is 9.61. The van der Waals surface area contributed by atoms with E-state index in [0.29, 0.717) is 16.5 Å². The van der Waals surface area contributed by atoms with Gasteiger partial charge in [-0.3, -0.25) is 9.59 Å². The summed E-state index contributed by atoms with van der Waals surface area (Å²) in [6.07, 6.45) is -4.12. The number of amides is 1. The summed E-state index contributed by atoms with van der Waals surface area (Å²) in [6, 6.07) is 13.0. The summed E-state index contributed by atoms with van der Waals surface area (Å²) in [5.41, 5.74) is 1.58. The first-order valence-electron chi connectivity index (χ1n) is 11.3. The van der Waals surface area contributed by atoms with Gasteiger partial charge in [-0.2, -0.15) is 13.2 Å². The Balaban J connectivity index is 2.09. The molecule has 2 unspecified atom stereocenters. The molecule has 35 heavy (non-hydrogen) atoms. The zero-order valence-electron chi connectivity index (χ0n) is 19.1. The number of hydrogen-bond acceptors (Lipinski definition) is 3. The maximum absolute atomic E-state index is 13.7. The number of carboxylic acids is 1. The summed E-state index contributed by atoms with van der Waals surface area (Å²) in [6.45, 7) is 0.517. The molecule has 0 spiro atoms. The molecule has 190 valence electrons. The number of carbonyl (C=O) groups is 2. The first kappa shape index (κ1) is 27.3. The number of hydrogen-bond donors (Lipinski definition) is 2. The zero-order valence-corrected chi connectivity index (χ0v) is 20.6. The minimum atomic E-state index is -4.39. The van der Waals surface area contributed by atoms with E-state index in [1.807, 2.05) is 6.07 Å². The first-order valence-corrected chi connectivity index (χ1v) is 12.1. The fourth-order valence-electron chi connectivity index (χ4n) is 4.79. The summed E-state index contributed by atoms with van der Waals surface area (Å²) in [5, 5.41) is 12.9. The van der Waals surface area contributed by atoms with Gasteiger partial charge in [0.15, 0.2) is 0 Å². The van der Waals surface area contributed by atoms with Gasteiger partial charge in [0, 0.05) is 34.5 Å². The fraction of sp³-hybridized carbons (Fsp3) is 0.440. The standard InChI is InChI=1S/C25H27Cl2F3N2O3/c1-2-20(13-31-14-25(28,29)30)32-23(15-6-8-18(26)9-7-15)21(16-4-3-5-19(27)10-16)11-17(24(32)35)12-22(33)34/h3-10,17,20-21,23,31H,2,11-14H2,1H3,(H,33,34)/t17-,20?,21?,23-/m1/s1. The lowest BCUT2D eigenvalue weighted by Crippen LogP contribution is -2.55. The van der Waals surface area contributed by atoms with Gasteiger partial charge >= 0.3 is 12.1 Å². The number of carbonyl (C=O) groups excluding carboxylic acids is 1. The van der Waals surface area contributed by atoms with Crippen molar-refractivity contribution in [2.75, 3.05) is 13.1 Å². The average molecular weight is 531 g/mol. The van der Waals surface area contributed by atoms with Gasteiger partial charge in [0.25, 0.3) is 0 Å². The molecule has 0 aliphatic carbocycles. The minimum absolute atomic E-state index is 0.0894. The van der Waals surface area contributed by atoms with Crippen LogP contribution in [0, 0.1) is 5.92 Å². The van der Waals surface area contributed by atoms with Crippen molar-refractivity contribution in [1.82, 2.24) is 10.2 Å². The first-order chi connectivity index (χ1) is 16.5. The maximum atomic E-state index is 13.7. The molecular weight excluding hydrogens is 504 g/mol. The smallest absolute Gasteiger partial charge is 0.401 e. The van der Waals surface area contributed by atoms with Crippen LogP contribution in [0.1, 0.15) is 49.3 Å². The number of rotatable bonds is 9. The van der Waals surface area contributed by atoms with E-state index in [4.69, 9.17) is 23.2 Å². The lowest BCUT2D eigenvalue weighted by Gasteiger charge is -2.48. The van der Waals surface area contributed by atoms with Gasteiger partial charge in [0.2, 0.25) is 5.91 Å². The van der Waals surface area contributed by atoms with E-state index in [2.05, 4.69) is 5.32 Å². The third-order valence-corrected chi connectivity index (χ3v) is 6.79. The van der Waals surface area contributed by atoms with Crippen LogP contribution in [0.25, 0.3) is 0 Å². The van der Waals surface area contributed by atoms with Gasteiger partial charge in [-0.05, 0) is 48.2 Å². The molecule has 1 heterocycles. The molecule has 5 nitrogen and oxygen atoms in total. The number of likely N-dealkylation sites (tertiary alicyclic amines) is 1. The van der Waals surface area contributed by atoms with Crippen molar-refractivity contribution in [2.24, 2.45) is 5.92 Å². The van der Waals surface area contributed by atoms with Crippen molar-refractivity contribution >= 4 is 35.1 Å². The average Bonchev–Trinajstić information content (AvgIpc) is 2.78. The topological polar surface area (TPSA) is 69.6 Å². The molecular formula is C25H27Cl2F3N2O3. The van der Waals surface area contributed by atoms with Crippen LogP contribution in [0.4, 0.5) is 13.2 Å². The molecule has 0 bridgehead atoms. The second kappa shape index (κ2) is 11.6. The molecule has 0 aromatic heterocycles. The molecule has 2 aromatic carbocycles. The second-order valence-electron chi connectivity index (χ2n) is 8.74. The van der Waals surface area contributed by atoms with Crippen molar-refractivity contribution in [1.29, 1.82) is 0 Å². The van der Waals surface area contributed by atoms with Crippen LogP contribution >= 0.6 is 23.2 Å². The van der Waals surface area contributed by atoms with E-state index < -0.39 is 36.7 Å². The van der Waals surface area contributed by atoms with Crippen molar-refractivity contribution < 1.29 is 27.9 Å². The van der Waals surface area contributed by atoms with Gasteiger partial charge in [-0.25, -0.2) is 0 Å². The molecule has 10 heteroatoms. The largest absolute Gasteiger partial charge is 0.481 e. The Morgan fingerprint density at radius 1 is 1.14 bits per heavy atom. The van der Waals surface area contributed by atoms with Gasteiger partial charge in [-0.1, -0.05) is 54.4 Å². The van der Waals surface area contributed by atoms with Crippen molar-refractivity contribution in [2.45, 2.75) is 50.4 Å². The fourth-order valence-corrected chi connectivity index (χ4v) is 5.12. The molecule has 4 atom stereocenters. The molecule has 2 N–H and O–H groups in total. The van der Waals surface area contributed by atoms with E-state index in [-0.39, 0.29) is 31.2 Å². The van der Waals surface area contributed by atoms with Crippen LogP contribution < -0.4 is 5.32 Å². The summed E-state index contributed by atoms with van der Waals surface area (Å²) >= 11 is 12.3. The highest BCUT2D eigenvalue weighted by Crippen LogP contribution is 2.47. The number of alkyl halides is 3. The third kappa shape index (κ3) is 7.12. The summed E-state index contributed by atoms with van der Waals surface area (Å²) in [4.78, 5) is 26.8. The van der Waals surface area contributed by atoms with E-state index in [9.17, 15) is 27.9 Å². The van der Waals surface area contributed by atoms with E-state index in [1.54, 1.807) is 54.3 Å². The number of carboxylic acid groups (broad SMARTS) is 1. The van der Waals surface area contributed by atoms with Gasteiger partial charge in [-0.15, -0.1) is 0 Å². The predicted molar refractivity (Wildman–Crippen MR) is 129 cm³/mol. The maximum Gasteiger partial charge on any atom is 0.401 e. The monoisotopic (exact) mass is 530 g/mol. The van der Waals surface area contributed by atoms with Gasteiger partial charge < -0.3 is 15.3 Å². The Labute approximate surface area is 212 Å². The quantitative estimate of drug-likeness (QED) is 0.412.